The van der Waals surface area contributed by atoms with Crippen LogP contribution in [-0.2, 0) is 15.6 Å². The Kier molecular flexibility index (Phi) is 4.71. The van der Waals surface area contributed by atoms with Crippen molar-refractivity contribution in [2.45, 2.75) is 17.4 Å². The number of pyridine rings is 1. The van der Waals surface area contributed by atoms with Crippen LogP contribution in [0.2, 0.25) is 0 Å². The topological polar surface area (TPSA) is 72.2 Å². The van der Waals surface area contributed by atoms with Crippen molar-refractivity contribution < 1.29 is 13.5 Å². The number of para-hydroxylation sites is 1. The summed E-state index contributed by atoms with van der Waals surface area (Å²) in [5.74, 6) is 5.55. The molecule has 4 aromatic rings. The van der Waals surface area contributed by atoms with Gasteiger partial charge in [-0.2, -0.15) is 0 Å². The molecule has 0 radical (unpaired) electrons. The van der Waals surface area contributed by atoms with E-state index in [4.69, 9.17) is 0 Å². The van der Waals surface area contributed by atoms with E-state index in [1.165, 1.54) is 28.5 Å². The SMILES string of the molecule is CC#CC(O)(c1ccncc1)c1cc2ccccc2n1S(=O)(=O)c1ccccc1. The molecule has 1 atom stereocenters. The molecule has 2 heterocycles. The molecule has 0 bridgehead atoms. The highest BCUT2D eigenvalue weighted by Crippen LogP contribution is 2.36. The van der Waals surface area contributed by atoms with Gasteiger partial charge in [0.25, 0.3) is 10.0 Å². The molecule has 0 aliphatic carbocycles. The largest absolute Gasteiger partial charge is 0.368 e. The van der Waals surface area contributed by atoms with Crippen molar-refractivity contribution in [3.05, 3.63) is 96.4 Å². The van der Waals surface area contributed by atoms with Gasteiger partial charge in [-0.1, -0.05) is 42.3 Å². The molecule has 5 nitrogen and oxygen atoms in total. The molecule has 1 N–H and O–H groups in total. The lowest BCUT2D eigenvalue weighted by Gasteiger charge is -2.25. The maximum atomic E-state index is 13.6. The van der Waals surface area contributed by atoms with Gasteiger partial charge in [-0.15, -0.1) is 5.92 Å². The van der Waals surface area contributed by atoms with E-state index < -0.39 is 15.6 Å². The molecule has 29 heavy (non-hydrogen) atoms. The van der Waals surface area contributed by atoms with Crippen LogP contribution in [0.4, 0.5) is 0 Å². The molecular formula is C23H18N2O3S. The van der Waals surface area contributed by atoms with E-state index in [0.717, 1.165) is 0 Å². The smallest absolute Gasteiger partial charge is 0.268 e. The Hall–Kier alpha value is -3.40. The molecule has 0 amide bonds. The first-order valence-electron chi connectivity index (χ1n) is 8.97. The predicted octanol–water partition coefficient (Wildman–Crippen LogP) is 3.53. The van der Waals surface area contributed by atoms with Gasteiger partial charge in [0.15, 0.2) is 5.60 Å². The molecule has 144 valence electrons. The summed E-state index contributed by atoms with van der Waals surface area (Å²) in [6.07, 6.45) is 3.08. The van der Waals surface area contributed by atoms with E-state index >= 15 is 0 Å². The summed E-state index contributed by atoms with van der Waals surface area (Å²) < 4.78 is 28.4. The van der Waals surface area contributed by atoms with E-state index in [0.29, 0.717) is 16.5 Å². The van der Waals surface area contributed by atoms with Gasteiger partial charge in [0.1, 0.15) is 0 Å². The first kappa shape index (κ1) is 18.9. The van der Waals surface area contributed by atoms with Crippen LogP contribution in [0.3, 0.4) is 0 Å². The van der Waals surface area contributed by atoms with Crippen LogP contribution in [0.25, 0.3) is 10.9 Å². The van der Waals surface area contributed by atoms with Crippen molar-refractivity contribution in [2.24, 2.45) is 0 Å². The minimum Gasteiger partial charge on any atom is -0.368 e. The zero-order valence-electron chi connectivity index (χ0n) is 15.6. The Labute approximate surface area is 169 Å². The number of nitrogens with zero attached hydrogens (tertiary/aromatic N) is 2. The molecule has 0 saturated carbocycles. The summed E-state index contributed by atoms with van der Waals surface area (Å²) in [5, 5.41) is 12.3. The highest BCUT2D eigenvalue weighted by atomic mass is 32.2. The average Bonchev–Trinajstić information content (AvgIpc) is 3.16. The lowest BCUT2D eigenvalue weighted by atomic mass is 9.91. The van der Waals surface area contributed by atoms with Crippen LogP contribution >= 0.6 is 0 Å². The number of aliphatic hydroxyl groups is 1. The van der Waals surface area contributed by atoms with Gasteiger partial charge in [-0.25, -0.2) is 12.4 Å². The number of benzene rings is 2. The van der Waals surface area contributed by atoms with Crippen LogP contribution in [0.1, 0.15) is 18.2 Å². The van der Waals surface area contributed by atoms with Crippen LogP contribution in [0, 0.1) is 11.8 Å². The summed E-state index contributed by atoms with van der Waals surface area (Å²) in [4.78, 5) is 4.12. The predicted molar refractivity (Wildman–Crippen MR) is 112 cm³/mol. The molecule has 2 aromatic heterocycles. The third-order valence-corrected chi connectivity index (χ3v) is 6.46. The third-order valence-electron chi connectivity index (χ3n) is 4.72. The Morgan fingerprint density at radius 1 is 0.966 bits per heavy atom. The number of aromatic nitrogens is 2. The minimum absolute atomic E-state index is 0.129. The summed E-state index contributed by atoms with van der Waals surface area (Å²) in [5.41, 5.74) is -0.771. The van der Waals surface area contributed by atoms with Crippen molar-refractivity contribution in [1.82, 2.24) is 8.96 Å². The second-order valence-corrected chi connectivity index (χ2v) is 8.28. The van der Waals surface area contributed by atoms with E-state index in [9.17, 15) is 13.5 Å². The van der Waals surface area contributed by atoms with Gasteiger partial charge in [-0.05, 0) is 43.3 Å². The normalized spacial score (nSPS) is 13.4. The van der Waals surface area contributed by atoms with Crippen molar-refractivity contribution in [3.63, 3.8) is 0 Å². The van der Waals surface area contributed by atoms with Crippen molar-refractivity contribution >= 4 is 20.9 Å². The first-order chi connectivity index (χ1) is 14.0. The molecule has 2 aromatic carbocycles. The fourth-order valence-electron chi connectivity index (χ4n) is 3.40. The summed E-state index contributed by atoms with van der Waals surface area (Å²) in [7, 11) is -3.99. The monoisotopic (exact) mass is 402 g/mol. The molecule has 0 aliphatic heterocycles. The summed E-state index contributed by atoms with van der Waals surface area (Å²) in [6, 6.07) is 20.2. The van der Waals surface area contributed by atoms with E-state index in [1.54, 1.807) is 55.5 Å². The highest BCUT2D eigenvalue weighted by Gasteiger charge is 2.37. The van der Waals surface area contributed by atoms with Crippen molar-refractivity contribution in [3.8, 4) is 11.8 Å². The van der Waals surface area contributed by atoms with Gasteiger partial charge in [0, 0.05) is 23.3 Å². The van der Waals surface area contributed by atoms with E-state index in [2.05, 4.69) is 16.8 Å². The third kappa shape index (κ3) is 3.11. The van der Waals surface area contributed by atoms with Gasteiger partial charge in [0.05, 0.1) is 16.1 Å². The molecule has 0 aliphatic rings. The lowest BCUT2D eigenvalue weighted by Crippen LogP contribution is -2.31. The molecule has 0 spiro atoms. The molecular weight excluding hydrogens is 384 g/mol. The Bertz CT molecular complexity index is 1330. The van der Waals surface area contributed by atoms with Crippen molar-refractivity contribution in [2.75, 3.05) is 0 Å². The quantitative estimate of drug-likeness (QED) is 0.530. The number of hydrogen-bond donors (Lipinski definition) is 1. The zero-order chi connectivity index (χ0) is 20.5. The first-order valence-corrected chi connectivity index (χ1v) is 10.4. The highest BCUT2D eigenvalue weighted by molar-refractivity contribution is 7.90. The molecule has 0 saturated heterocycles. The Balaban J connectivity index is 2.11. The van der Waals surface area contributed by atoms with E-state index in [-0.39, 0.29) is 10.6 Å². The Morgan fingerprint density at radius 3 is 2.31 bits per heavy atom. The number of fused-ring (bicyclic) bond motifs is 1. The molecule has 6 heteroatoms. The second kappa shape index (κ2) is 7.21. The molecule has 1 unspecified atom stereocenters. The lowest BCUT2D eigenvalue weighted by molar-refractivity contribution is 0.139. The second-order valence-electron chi connectivity index (χ2n) is 6.49. The standard InChI is InChI=1S/C23H18N2O3S/c1-2-14-23(26,19-12-15-24-16-13-19)22-17-18-8-6-7-11-21(18)25(22)29(27,28)20-9-4-3-5-10-20/h3-13,15-17,26H,1H3. The van der Waals surface area contributed by atoms with Crippen LogP contribution in [0.15, 0.2) is 90.1 Å². The van der Waals surface area contributed by atoms with Gasteiger partial charge < -0.3 is 5.11 Å². The summed E-state index contributed by atoms with van der Waals surface area (Å²) >= 11 is 0. The van der Waals surface area contributed by atoms with Gasteiger partial charge in [-0.3, -0.25) is 4.98 Å². The minimum atomic E-state index is -3.99. The Morgan fingerprint density at radius 2 is 1.62 bits per heavy atom. The molecule has 0 fully saturated rings. The van der Waals surface area contributed by atoms with Gasteiger partial charge >= 0.3 is 0 Å². The zero-order valence-corrected chi connectivity index (χ0v) is 16.5. The van der Waals surface area contributed by atoms with Crippen LogP contribution < -0.4 is 0 Å². The number of rotatable bonds is 4. The number of hydrogen-bond acceptors (Lipinski definition) is 4. The van der Waals surface area contributed by atoms with Crippen LogP contribution in [-0.4, -0.2) is 22.5 Å². The maximum Gasteiger partial charge on any atom is 0.268 e. The van der Waals surface area contributed by atoms with Crippen molar-refractivity contribution in [1.29, 1.82) is 0 Å². The fourth-order valence-corrected chi connectivity index (χ4v) is 4.98. The molecule has 4 rings (SSSR count). The maximum absolute atomic E-state index is 13.6. The summed E-state index contributed by atoms with van der Waals surface area (Å²) in [6.45, 7) is 1.60. The fraction of sp³-hybridized carbons (Fsp3) is 0.0870. The van der Waals surface area contributed by atoms with Gasteiger partial charge in [0.2, 0.25) is 0 Å². The van der Waals surface area contributed by atoms with Crippen LogP contribution in [0.5, 0.6) is 0 Å². The average molecular weight is 402 g/mol. The van der Waals surface area contributed by atoms with E-state index in [1.807, 2.05) is 12.1 Å².